The van der Waals surface area contributed by atoms with Crippen LogP contribution in [0.25, 0.3) is 11.0 Å². The molecule has 1 aliphatic heterocycles. The molecule has 70 valence electrons. The maximum Gasteiger partial charge on any atom is 0.348 e. The Balaban J connectivity index is 2.51. The van der Waals surface area contributed by atoms with E-state index < -0.39 is 0 Å². The van der Waals surface area contributed by atoms with Crippen LogP contribution in [0.3, 0.4) is 0 Å². The summed E-state index contributed by atoms with van der Waals surface area (Å²) < 4.78 is 0. The van der Waals surface area contributed by atoms with Crippen molar-refractivity contribution in [2.75, 3.05) is 11.9 Å². The lowest BCUT2D eigenvalue weighted by Gasteiger charge is -2.00. The molecular weight excluding hydrogens is 182 g/mol. The van der Waals surface area contributed by atoms with Crippen molar-refractivity contribution in [1.29, 1.82) is 0 Å². The molecule has 2 aromatic heterocycles. The molecule has 6 heteroatoms. The zero-order valence-electron chi connectivity index (χ0n) is 7.16. The fourth-order valence-electron chi connectivity index (χ4n) is 1.56. The fraction of sp³-hybridized carbons (Fsp3) is 0.125. The highest BCUT2D eigenvalue weighted by Gasteiger charge is 2.12. The Labute approximate surface area is 78.1 Å². The number of hydrogen-bond donors (Lipinski definition) is 3. The first kappa shape index (κ1) is 7.31. The van der Waals surface area contributed by atoms with Gasteiger partial charge in [-0.15, -0.1) is 0 Å². The van der Waals surface area contributed by atoms with Gasteiger partial charge in [-0.25, -0.2) is 4.79 Å². The van der Waals surface area contributed by atoms with E-state index in [1.165, 1.54) is 0 Å². The summed E-state index contributed by atoms with van der Waals surface area (Å²) in [7, 11) is 0. The molecule has 0 unspecified atom stereocenters. The van der Waals surface area contributed by atoms with Crippen LogP contribution < -0.4 is 11.0 Å². The summed E-state index contributed by atoms with van der Waals surface area (Å²) in [5.41, 5.74) is 1.08. The normalized spacial score (nSPS) is 14.0. The van der Waals surface area contributed by atoms with Gasteiger partial charge in [0, 0.05) is 12.4 Å². The van der Waals surface area contributed by atoms with E-state index >= 15 is 0 Å². The fourth-order valence-corrected chi connectivity index (χ4v) is 1.56. The minimum absolute atomic E-state index is 0.365. The summed E-state index contributed by atoms with van der Waals surface area (Å²) in [5.74, 6) is 0.581. The van der Waals surface area contributed by atoms with Crippen LogP contribution in [0.1, 0.15) is 0 Å². The van der Waals surface area contributed by atoms with Crippen molar-refractivity contribution in [1.82, 2.24) is 15.0 Å². The quantitative estimate of drug-likeness (QED) is 0.560. The molecule has 3 heterocycles. The number of aromatic amines is 2. The zero-order chi connectivity index (χ0) is 9.54. The van der Waals surface area contributed by atoms with Gasteiger partial charge in [0.1, 0.15) is 11.5 Å². The zero-order valence-corrected chi connectivity index (χ0v) is 7.16. The highest BCUT2D eigenvalue weighted by Crippen LogP contribution is 2.29. The minimum Gasteiger partial charge on any atom is -0.364 e. The minimum atomic E-state index is -0.365. The van der Waals surface area contributed by atoms with E-state index in [1.54, 1.807) is 12.4 Å². The third-order valence-electron chi connectivity index (χ3n) is 2.13. The molecule has 14 heavy (non-hydrogen) atoms. The summed E-state index contributed by atoms with van der Waals surface area (Å²) in [4.78, 5) is 24.7. The molecule has 3 N–H and O–H groups in total. The number of H-pyrrole nitrogens is 2. The number of rotatable bonds is 0. The second-order valence-corrected chi connectivity index (χ2v) is 3.01. The summed E-state index contributed by atoms with van der Waals surface area (Å²) in [6, 6.07) is 0. The molecule has 2 aromatic rings. The maximum absolute atomic E-state index is 11.1. The third-order valence-corrected chi connectivity index (χ3v) is 2.13. The molecule has 1 aliphatic rings. The molecule has 0 bridgehead atoms. The Kier molecular flexibility index (Phi) is 1.27. The van der Waals surface area contributed by atoms with E-state index in [9.17, 15) is 4.79 Å². The van der Waals surface area contributed by atoms with Crippen molar-refractivity contribution >= 4 is 28.8 Å². The van der Waals surface area contributed by atoms with Crippen molar-refractivity contribution < 1.29 is 0 Å². The second kappa shape index (κ2) is 2.44. The van der Waals surface area contributed by atoms with E-state index in [0.29, 0.717) is 18.0 Å². The van der Waals surface area contributed by atoms with Crippen molar-refractivity contribution in [3.05, 3.63) is 16.7 Å². The van der Waals surface area contributed by atoms with Gasteiger partial charge in [0.15, 0.2) is 0 Å². The Morgan fingerprint density at radius 2 is 2.36 bits per heavy atom. The van der Waals surface area contributed by atoms with Gasteiger partial charge in [-0.2, -0.15) is 4.98 Å². The second-order valence-electron chi connectivity index (χ2n) is 3.01. The molecule has 0 amide bonds. The van der Waals surface area contributed by atoms with Crippen molar-refractivity contribution in [3.63, 3.8) is 0 Å². The van der Waals surface area contributed by atoms with E-state index in [-0.39, 0.29) is 5.69 Å². The third kappa shape index (κ3) is 0.875. The lowest BCUT2D eigenvalue weighted by molar-refractivity contribution is 1.10. The molecule has 0 radical (unpaired) electrons. The van der Waals surface area contributed by atoms with E-state index in [0.717, 1.165) is 11.1 Å². The van der Waals surface area contributed by atoms with Crippen LogP contribution in [0.2, 0.25) is 0 Å². The molecule has 6 nitrogen and oxygen atoms in total. The van der Waals surface area contributed by atoms with Gasteiger partial charge in [-0.05, 0) is 0 Å². The predicted octanol–water partition coefficient (Wildman–Crippen LogP) is 0.379. The lowest BCUT2D eigenvalue weighted by atomic mass is 10.3. The number of aliphatic imine (C=N–C) groups is 1. The number of hydrogen-bond acceptors (Lipinski definition) is 4. The number of nitrogens with zero attached hydrogens (tertiary/aromatic N) is 2. The standard InChI is InChI=1S/C8H7N5O/c14-8-12-6-5-4(9-1-2-10-6)3-11-7(5)13-8/h1,3H,2H2,(H3,10,11,12,13,14). The molecule has 0 fully saturated rings. The van der Waals surface area contributed by atoms with Gasteiger partial charge in [0.2, 0.25) is 0 Å². The number of anilines is 1. The first-order valence-corrected chi connectivity index (χ1v) is 4.22. The van der Waals surface area contributed by atoms with Gasteiger partial charge in [-0.3, -0.25) is 9.98 Å². The Hall–Kier alpha value is -2.11. The van der Waals surface area contributed by atoms with Crippen molar-refractivity contribution in [2.45, 2.75) is 0 Å². The Morgan fingerprint density at radius 1 is 1.43 bits per heavy atom. The summed E-state index contributed by atoms with van der Waals surface area (Å²) in [5, 5.41) is 3.85. The SMILES string of the molecule is O=c1nc2c3c(c[nH]c3[nH]1)N=CCN2. The van der Waals surface area contributed by atoms with E-state index in [4.69, 9.17) is 0 Å². The van der Waals surface area contributed by atoms with Crippen LogP contribution in [-0.2, 0) is 0 Å². The predicted molar refractivity (Wildman–Crippen MR) is 53.4 cm³/mol. The molecule has 0 saturated carbocycles. The highest BCUT2D eigenvalue weighted by atomic mass is 16.1. The summed E-state index contributed by atoms with van der Waals surface area (Å²) in [6.07, 6.45) is 3.49. The average molecular weight is 189 g/mol. The largest absolute Gasteiger partial charge is 0.364 e. The van der Waals surface area contributed by atoms with E-state index in [1.807, 2.05) is 0 Å². The number of aromatic nitrogens is 3. The summed E-state index contributed by atoms with van der Waals surface area (Å²) in [6.45, 7) is 0.584. The Bertz CT molecular complexity index is 579. The van der Waals surface area contributed by atoms with E-state index in [2.05, 4.69) is 25.3 Å². The number of nitrogens with one attached hydrogen (secondary N) is 3. The van der Waals surface area contributed by atoms with Crippen LogP contribution in [0.4, 0.5) is 11.5 Å². The van der Waals surface area contributed by atoms with Crippen LogP contribution >= 0.6 is 0 Å². The molecule has 0 saturated heterocycles. The average Bonchev–Trinajstić information content (AvgIpc) is 2.43. The van der Waals surface area contributed by atoms with Gasteiger partial charge in [0.25, 0.3) is 0 Å². The van der Waals surface area contributed by atoms with Crippen LogP contribution in [0.5, 0.6) is 0 Å². The van der Waals surface area contributed by atoms with Crippen molar-refractivity contribution in [2.24, 2.45) is 4.99 Å². The maximum atomic E-state index is 11.1. The molecule has 0 atom stereocenters. The van der Waals surface area contributed by atoms with Gasteiger partial charge in [0.05, 0.1) is 17.6 Å². The highest BCUT2D eigenvalue weighted by molar-refractivity contribution is 6.00. The van der Waals surface area contributed by atoms with Crippen LogP contribution in [0, 0.1) is 0 Å². The molecule has 0 aliphatic carbocycles. The lowest BCUT2D eigenvalue weighted by Crippen LogP contribution is -2.14. The van der Waals surface area contributed by atoms with Gasteiger partial charge >= 0.3 is 5.69 Å². The first-order chi connectivity index (χ1) is 6.84. The van der Waals surface area contributed by atoms with Gasteiger partial charge in [-0.1, -0.05) is 0 Å². The van der Waals surface area contributed by atoms with Crippen molar-refractivity contribution in [3.8, 4) is 0 Å². The van der Waals surface area contributed by atoms with Crippen LogP contribution in [0.15, 0.2) is 16.0 Å². The molecule has 0 aromatic carbocycles. The monoisotopic (exact) mass is 189 g/mol. The topological polar surface area (TPSA) is 85.9 Å². The molecule has 3 rings (SSSR count). The summed E-state index contributed by atoms with van der Waals surface area (Å²) >= 11 is 0. The van der Waals surface area contributed by atoms with Gasteiger partial charge < -0.3 is 10.3 Å². The molecular formula is C8H7N5O. The Morgan fingerprint density at radius 3 is 3.29 bits per heavy atom. The van der Waals surface area contributed by atoms with Crippen LogP contribution in [-0.4, -0.2) is 27.7 Å². The molecule has 0 spiro atoms. The smallest absolute Gasteiger partial charge is 0.348 e. The first-order valence-electron chi connectivity index (χ1n) is 4.22.